The minimum absolute atomic E-state index is 0.117. The molecule has 0 N–H and O–H groups in total. The summed E-state index contributed by atoms with van der Waals surface area (Å²) in [5.74, 6) is -0.117. The van der Waals surface area contributed by atoms with Crippen molar-refractivity contribution in [3.8, 4) is 0 Å². The highest BCUT2D eigenvalue weighted by Crippen LogP contribution is 2.18. The number of carbonyl (C=O) groups excluding carboxylic acids is 1. The third kappa shape index (κ3) is 4.97. The molecule has 3 heteroatoms. The van der Waals surface area contributed by atoms with Crippen LogP contribution in [0.5, 0.6) is 0 Å². The van der Waals surface area contributed by atoms with E-state index in [2.05, 4.69) is 11.9 Å². The molecule has 3 nitrogen and oxygen atoms in total. The van der Waals surface area contributed by atoms with Crippen molar-refractivity contribution in [3.05, 3.63) is 35.9 Å². The largest absolute Gasteiger partial charge is 0.465 e. The van der Waals surface area contributed by atoms with Gasteiger partial charge in [-0.15, -0.1) is 0 Å². The first-order valence-corrected chi connectivity index (χ1v) is 7.65. The number of esters is 1. The van der Waals surface area contributed by atoms with E-state index in [9.17, 15) is 4.79 Å². The van der Waals surface area contributed by atoms with Crippen LogP contribution in [0.1, 0.15) is 37.7 Å². The van der Waals surface area contributed by atoms with Crippen LogP contribution in [0.15, 0.2) is 30.3 Å². The average molecular weight is 275 g/mol. The van der Waals surface area contributed by atoms with Crippen molar-refractivity contribution in [1.82, 2.24) is 4.90 Å². The Hall–Kier alpha value is -1.35. The van der Waals surface area contributed by atoms with Crippen molar-refractivity contribution in [3.63, 3.8) is 0 Å². The van der Waals surface area contributed by atoms with Gasteiger partial charge in [-0.3, -0.25) is 4.79 Å². The third-order valence-electron chi connectivity index (χ3n) is 4.06. The third-order valence-corrected chi connectivity index (χ3v) is 4.06. The molecule has 0 aliphatic carbocycles. The summed E-state index contributed by atoms with van der Waals surface area (Å²) in [5.41, 5.74) is 1.02. The summed E-state index contributed by atoms with van der Waals surface area (Å²) in [5, 5.41) is 0. The van der Waals surface area contributed by atoms with Crippen molar-refractivity contribution in [2.45, 2.75) is 44.6 Å². The van der Waals surface area contributed by atoms with Crippen LogP contribution < -0.4 is 0 Å². The van der Waals surface area contributed by atoms with E-state index < -0.39 is 0 Å². The highest BCUT2D eigenvalue weighted by atomic mass is 16.5. The molecule has 1 fully saturated rings. The zero-order valence-corrected chi connectivity index (χ0v) is 12.4. The molecule has 1 saturated heterocycles. The monoisotopic (exact) mass is 275 g/mol. The molecule has 0 radical (unpaired) electrons. The number of ether oxygens (including phenoxy) is 1. The Bertz CT molecular complexity index is 405. The van der Waals surface area contributed by atoms with Gasteiger partial charge in [-0.25, -0.2) is 0 Å². The van der Waals surface area contributed by atoms with Crippen LogP contribution in [0, 0.1) is 0 Å². The molecule has 1 atom stereocenters. The summed E-state index contributed by atoms with van der Waals surface area (Å²) >= 11 is 0. The molecular formula is C17H25NO2. The van der Waals surface area contributed by atoms with E-state index in [-0.39, 0.29) is 5.97 Å². The van der Waals surface area contributed by atoms with E-state index in [0.717, 1.165) is 18.4 Å². The van der Waals surface area contributed by atoms with E-state index in [4.69, 9.17) is 4.74 Å². The Morgan fingerprint density at radius 1 is 1.30 bits per heavy atom. The maximum Gasteiger partial charge on any atom is 0.310 e. The Morgan fingerprint density at radius 2 is 2.10 bits per heavy atom. The topological polar surface area (TPSA) is 29.5 Å². The molecule has 1 heterocycles. The fraction of sp³-hybridized carbons (Fsp3) is 0.588. The van der Waals surface area contributed by atoms with Gasteiger partial charge in [0.25, 0.3) is 0 Å². The quantitative estimate of drug-likeness (QED) is 0.590. The minimum Gasteiger partial charge on any atom is -0.465 e. The van der Waals surface area contributed by atoms with Gasteiger partial charge < -0.3 is 9.64 Å². The van der Waals surface area contributed by atoms with Gasteiger partial charge in [-0.2, -0.15) is 0 Å². The summed E-state index contributed by atoms with van der Waals surface area (Å²) in [6, 6.07) is 10.4. The Morgan fingerprint density at radius 3 is 2.85 bits per heavy atom. The molecule has 0 spiro atoms. The Kier molecular flexibility index (Phi) is 6.06. The Labute approximate surface area is 121 Å². The number of hydrogen-bond donors (Lipinski definition) is 0. The SMILES string of the molecule is CN1CCCCC1CCCOC(=O)Cc1ccccc1. The number of likely N-dealkylation sites (tertiary alicyclic amines) is 1. The summed E-state index contributed by atoms with van der Waals surface area (Å²) in [6.45, 7) is 1.76. The highest BCUT2D eigenvalue weighted by Gasteiger charge is 2.18. The second-order valence-corrected chi connectivity index (χ2v) is 5.66. The van der Waals surface area contributed by atoms with Gasteiger partial charge in [0, 0.05) is 6.04 Å². The molecule has 0 saturated carbocycles. The highest BCUT2D eigenvalue weighted by molar-refractivity contribution is 5.72. The molecule has 1 aromatic carbocycles. The number of carbonyl (C=O) groups is 1. The first-order chi connectivity index (χ1) is 9.75. The lowest BCUT2D eigenvalue weighted by Gasteiger charge is -2.32. The fourth-order valence-electron chi connectivity index (χ4n) is 2.83. The van der Waals surface area contributed by atoms with Crippen LogP contribution in [0.25, 0.3) is 0 Å². The van der Waals surface area contributed by atoms with Crippen LogP contribution in [-0.2, 0) is 16.0 Å². The molecule has 0 amide bonds. The zero-order valence-electron chi connectivity index (χ0n) is 12.4. The smallest absolute Gasteiger partial charge is 0.310 e. The zero-order chi connectivity index (χ0) is 14.2. The molecule has 1 aliphatic rings. The minimum atomic E-state index is -0.117. The first-order valence-electron chi connectivity index (χ1n) is 7.65. The predicted octanol–water partition coefficient (Wildman–Crippen LogP) is 3.04. The van der Waals surface area contributed by atoms with Crippen molar-refractivity contribution in [1.29, 1.82) is 0 Å². The standard InChI is InChI=1S/C17H25NO2/c1-18-12-6-5-10-16(18)11-7-13-20-17(19)14-15-8-3-2-4-9-15/h2-4,8-9,16H,5-7,10-14H2,1H3. The van der Waals surface area contributed by atoms with Crippen molar-refractivity contribution >= 4 is 5.97 Å². The van der Waals surface area contributed by atoms with Crippen molar-refractivity contribution < 1.29 is 9.53 Å². The molecule has 20 heavy (non-hydrogen) atoms. The normalized spacial score (nSPS) is 19.8. The lowest BCUT2D eigenvalue weighted by Crippen LogP contribution is -2.36. The van der Waals surface area contributed by atoms with Gasteiger partial charge in [0.05, 0.1) is 13.0 Å². The van der Waals surface area contributed by atoms with Crippen molar-refractivity contribution in [2.75, 3.05) is 20.2 Å². The van der Waals surface area contributed by atoms with E-state index in [1.807, 2.05) is 30.3 Å². The number of rotatable bonds is 6. The molecule has 2 rings (SSSR count). The number of nitrogens with zero attached hydrogens (tertiary/aromatic N) is 1. The molecule has 0 bridgehead atoms. The number of piperidine rings is 1. The van der Waals surface area contributed by atoms with Crippen LogP contribution in [0.4, 0.5) is 0 Å². The fourth-order valence-corrected chi connectivity index (χ4v) is 2.83. The molecule has 110 valence electrons. The number of benzene rings is 1. The lowest BCUT2D eigenvalue weighted by molar-refractivity contribution is -0.143. The van der Waals surface area contributed by atoms with E-state index >= 15 is 0 Å². The first kappa shape index (κ1) is 15.0. The molecule has 0 aromatic heterocycles. The average Bonchev–Trinajstić information content (AvgIpc) is 2.46. The summed E-state index contributed by atoms with van der Waals surface area (Å²) in [4.78, 5) is 14.1. The molecular weight excluding hydrogens is 250 g/mol. The van der Waals surface area contributed by atoms with E-state index in [0.29, 0.717) is 19.1 Å². The van der Waals surface area contributed by atoms with E-state index in [1.165, 1.54) is 25.8 Å². The van der Waals surface area contributed by atoms with Gasteiger partial charge >= 0.3 is 5.97 Å². The van der Waals surface area contributed by atoms with Gasteiger partial charge in [-0.05, 0) is 44.8 Å². The van der Waals surface area contributed by atoms with Crippen LogP contribution in [0.2, 0.25) is 0 Å². The van der Waals surface area contributed by atoms with Gasteiger partial charge in [0.2, 0.25) is 0 Å². The molecule has 1 unspecified atom stereocenters. The molecule has 1 aromatic rings. The summed E-state index contributed by atoms with van der Waals surface area (Å²) < 4.78 is 5.31. The second kappa shape index (κ2) is 8.05. The van der Waals surface area contributed by atoms with Gasteiger partial charge in [0.15, 0.2) is 0 Å². The second-order valence-electron chi connectivity index (χ2n) is 5.66. The van der Waals surface area contributed by atoms with Crippen LogP contribution >= 0.6 is 0 Å². The van der Waals surface area contributed by atoms with Crippen LogP contribution in [0.3, 0.4) is 0 Å². The number of hydrogen-bond acceptors (Lipinski definition) is 3. The van der Waals surface area contributed by atoms with E-state index in [1.54, 1.807) is 0 Å². The Balaban J connectivity index is 1.60. The summed E-state index contributed by atoms with van der Waals surface area (Å²) in [7, 11) is 2.20. The van der Waals surface area contributed by atoms with Crippen molar-refractivity contribution in [2.24, 2.45) is 0 Å². The lowest BCUT2D eigenvalue weighted by atomic mass is 9.99. The van der Waals surface area contributed by atoms with Crippen LogP contribution in [-0.4, -0.2) is 37.1 Å². The van der Waals surface area contributed by atoms with Gasteiger partial charge in [-0.1, -0.05) is 36.8 Å². The summed E-state index contributed by atoms with van der Waals surface area (Å²) in [6.07, 6.45) is 6.42. The maximum absolute atomic E-state index is 11.7. The predicted molar refractivity (Wildman–Crippen MR) is 80.6 cm³/mol. The van der Waals surface area contributed by atoms with Gasteiger partial charge in [0.1, 0.15) is 0 Å². The maximum atomic E-state index is 11.7. The molecule has 1 aliphatic heterocycles.